The normalized spacial score (nSPS) is 11.5. The Morgan fingerprint density at radius 2 is 2.09 bits per heavy atom. The van der Waals surface area contributed by atoms with E-state index in [2.05, 4.69) is 4.98 Å². The smallest absolute Gasteiger partial charge is 0.416 e. The third kappa shape index (κ3) is 2.90. The number of alkyl halides is 3. The first-order valence-corrected chi connectivity index (χ1v) is 6.43. The Morgan fingerprint density at radius 3 is 2.64 bits per heavy atom. The number of hydrogen-bond donors (Lipinski definition) is 1. The average molecular weight is 313 g/mol. The molecule has 0 spiro atoms. The van der Waals surface area contributed by atoms with Crippen molar-refractivity contribution in [2.75, 3.05) is 12.3 Å². The van der Waals surface area contributed by atoms with Gasteiger partial charge >= 0.3 is 12.1 Å². The van der Waals surface area contributed by atoms with Crippen molar-refractivity contribution in [3.05, 3.63) is 41.5 Å². The number of halogens is 3. The highest BCUT2D eigenvalue weighted by Gasteiger charge is 2.31. The minimum atomic E-state index is -4.48. The highest BCUT2D eigenvalue weighted by atomic mass is 19.4. The molecule has 0 saturated carbocycles. The Balaban J connectivity index is 2.52. The fraction of sp³-hybridized carbons (Fsp3) is 0.286. The molecule has 0 fully saturated rings. The minimum Gasteiger partial charge on any atom is -0.461 e. The number of carbonyl (C=O) groups excluding carboxylic acids is 1. The Hall–Kier alpha value is -2.51. The standard InChI is InChI=1S/C14H14F3N3O2/c1-3-22-13(21)12-8(2)19-7-20(12)11-5-4-9(6-10(11)18)14(15,16)17/h4-7H,3,18H2,1-2H3. The van der Waals surface area contributed by atoms with Crippen LogP contribution < -0.4 is 5.73 Å². The summed E-state index contributed by atoms with van der Waals surface area (Å²) in [6.45, 7) is 3.43. The third-order valence-electron chi connectivity index (χ3n) is 3.03. The molecule has 0 bridgehead atoms. The van der Waals surface area contributed by atoms with Crippen molar-refractivity contribution < 1.29 is 22.7 Å². The molecular weight excluding hydrogens is 299 g/mol. The lowest BCUT2D eigenvalue weighted by Gasteiger charge is -2.13. The minimum absolute atomic E-state index is 0.113. The molecule has 2 aromatic rings. The number of aryl methyl sites for hydroxylation is 1. The molecule has 0 aliphatic rings. The molecular formula is C14H14F3N3O2. The van der Waals surface area contributed by atoms with Crippen molar-refractivity contribution in [3.63, 3.8) is 0 Å². The molecule has 0 atom stereocenters. The molecule has 1 aromatic carbocycles. The number of anilines is 1. The Labute approximate surface area is 124 Å². The van der Waals surface area contributed by atoms with Gasteiger partial charge in [-0.2, -0.15) is 13.2 Å². The summed E-state index contributed by atoms with van der Waals surface area (Å²) >= 11 is 0. The van der Waals surface area contributed by atoms with Crippen molar-refractivity contribution >= 4 is 11.7 Å². The van der Waals surface area contributed by atoms with Crippen LogP contribution in [0.25, 0.3) is 5.69 Å². The zero-order valence-corrected chi connectivity index (χ0v) is 11.9. The van der Waals surface area contributed by atoms with Crippen molar-refractivity contribution in [2.24, 2.45) is 0 Å². The molecule has 118 valence electrons. The second-order valence-electron chi connectivity index (χ2n) is 4.54. The SMILES string of the molecule is CCOC(=O)c1c(C)ncn1-c1ccc(C(F)(F)F)cc1N. The maximum absolute atomic E-state index is 12.7. The topological polar surface area (TPSA) is 70.1 Å². The lowest BCUT2D eigenvalue weighted by Crippen LogP contribution is -2.14. The van der Waals surface area contributed by atoms with Gasteiger partial charge in [0.1, 0.15) is 6.33 Å². The lowest BCUT2D eigenvalue weighted by molar-refractivity contribution is -0.137. The Kier molecular flexibility index (Phi) is 4.11. The highest BCUT2D eigenvalue weighted by molar-refractivity contribution is 5.90. The number of imidazole rings is 1. The zero-order chi connectivity index (χ0) is 16.5. The van der Waals surface area contributed by atoms with E-state index in [9.17, 15) is 18.0 Å². The number of hydrogen-bond acceptors (Lipinski definition) is 4. The number of rotatable bonds is 3. The fourth-order valence-electron chi connectivity index (χ4n) is 2.02. The predicted molar refractivity (Wildman–Crippen MR) is 73.7 cm³/mol. The summed E-state index contributed by atoms with van der Waals surface area (Å²) < 4.78 is 44.2. The highest BCUT2D eigenvalue weighted by Crippen LogP contribution is 2.32. The van der Waals surface area contributed by atoms with E-state index in [0.29, 0.717) is 5.69 Å². The van der Waals surface area contributed by atoms with E-state index in [4.69, 9.17) is 10.5 Å². The first-order valence-electron chi connectivity index (χ1n) is 6.43. The molecule has 1 heterocycles. The van der Waals surface area contributed by atoms with Gasteiger partial charge in [0.25, 0.3) is 0 Å². The monoisotopic (exact) mass is 313 g/mol. The molecule has 0 saturated heterocycles. The number of nitrogens with two attached hydrogens (primary N) is 1. The maximum Gasteiger partial charge on any atom is 0.416 e. The van der Waals surface area contributed by atoms with Gasteiger partial charge < -0.3 is 10.5 Å². The Bertz CT molecular complexity index is 708. The van der Waals surface area contributed by atoms with Gasteiger partial charge in [-0.1, -0.05) is 0 Å². The lowest BCUT2D eigenvalue weighted by atomic mass is 10.1. The molecule has 0 amide bonds. The summed E-state index contributed by atoms with van der Waals surface area (Å²) in [6, 6.07) is 2.91. The van der Waals surface area contributed by atoms with Crippen LogP contribution in [0.1, 0.15) is 28.7 Å². The van der Waals surface area contributed by atoms with E-state index < -0.39 is 17.7 Å². The number of nitrogens with zero attached hydrogens (tertiary/aromatic N) is 2. The van der Waals surface area contributed by atoms with E-state index in [0.717, 1.165) is 12.1 Å². The molecule has 22 heavy (non-hydrogen) atoms. The zero-order valence-electron chi connectivity index (χ0n) is 11.9. The predicted octanol–water partition coefficient (Wildman–Crippen LogP) is 2.96. The van der Waals surface area contributed by atoms with Gasteiger partial charge in [0.15, 0.2) is 5.69 Å². The number of esters is 1. The van der Waals surface area contributed by atoms with Crippen LogP contribution in [0.15, 0.2) is 24.5 Å². The summed E-state index contributed by atoms with van der Waals surface area (Å²) in [6.07, 6.45) is -3.16. The second kappa shape index (κ2) is 5.70. The molecule has 2 rings (SSSR count). The van der Waals surface area contributed by atoms with Crippen molar-refractivity contribution in [2.45, 2.75) is 20.0 Å². The summed E-state index contributed by atoms with van der Waals surface area (Å²) in [4.78, 5) is 15.9. The quantitative estimate of drug-likeness (QED) is 0.698. The Morgan fingerprint density at radius 1 is 1.41 bits per heavy atom. The van der Waals surface area contributed by atoms with Crippen molar-refractivity contribution in [1.82, 2.24) is 9.55 Å². The molecule has 1 aromatic heterocycles. The molecule has 5 nitrogen and oxygen atoms in total. The first-order chi connectivity index (χ1) is 10.3. The van der Waals surface area contributed by atoms with Gasteiger partial charge in [0.05, 0.1) is 29.2 Å². The third-order valence-corrected chi connectivity index (χ3v) is 3.03. The second-order valence-corrected chi connectivity index (χ2v) is 4.54. The van der Waals surface area contributed by atoms with Crippen LogP contribution in [-0.4, -0.2) is 22.1 Å². The van der Waals surface area contributed by atoms with Crippen molar-refractivity contribution in [1.29, 1.82) is 0 Å². The molecule has 2 N–H and O–H groups in total. The summed E-state index contributed by atoms with van der Waals surface area (Å²) in [7, 11) is 0. The average Bonchev–Trinajstić information content (AvgIpc) is 2.79. The molecule has 0 radical (unpaired) electrons. The van der Waals surface area contributed by atoms with Crippen LogP contribution in [0.2, 0.25) is 0 Å². The van der Waals surface area contributed by atoms with E-state index in [1.165, 1.54) is 17.0 Å². The van der Waals surface area contributed by atoms with Gasteiger partial charge in [0, 0.05) is 0 Å². The van der Waals surface area contributed by atoms with Gasteiger partial charge in [-0.25, -0.2) is 9.78 Å². The van der Waals surface area contributed by atoms with E-state index >= 15 is 0 Å². The summed E-state index contributed by atoms with van der Waals surface area (Å²) in [5, 5.41) is 0. The number of benzene rings is 1. The fourth-order valence-corrected chi connectivity index (χ4v) is 2.02. The maximum atomic E-state index is 12.7. The van der Waals surface area contributed by atoms with E-state index in [-0.39, 0.29) is 23.7 Å². The van der Waals surface area contributed by atoms with Crippen LogP contribution in [0.3, 0.4) is 0 Å². The number of ether oxygens (including phenoxy) is 1. The molecule has 0 unspecified atom stereocenters. The largest absolute Gasteiger partial charge is 0.461 e. The van der Waals surface area contributed by atoms with Gasteiger partial charge in [-0.3, -0.25) is 4.57 Å². The number of nitrogen functional groups attached to an aromatic ring is 1. The van der Waals surface area contributed by atoms with Crippen LogP contribution in [-0.2, 0) is 10.9 Å². The summed E-state index contributed by atoms with van der Waals surface area (Å²) in [5.74, 6) is -0.614. The van der Waals surface area contributed by atoms with E-state index in [1.807, 2.05) is 0 Å². The van der Waals surface area contributed by atoms with Gasteiger partial charge in [-0.05, 0) is 32.0 Å². The van der Waals surface area contributed by atoms with Crippen molar-refractivity contribution in [3.8, 4) is 5.69 Å². The van der Waals surface area contributed by atoms with Crippen LogP contribution >= 0.6 is 0 Å². The molecule has 8 heteroatoms. The molecule has 0 aliphatic heterocycles. The molecule has 0 aliphatic carbocycles. The first kappa shape index (κ1) is 15.9. The van der Waals surface area contributed by atoms with E-state index in [1.54, 1.807) is 13.8 Å². The van der Waals surface area contributed by atoms with Gasteiger partial charge in [-0.15, -0.1) is 0 Å². The number of carbonyl (C=O) groups is 1. The number of aromatic nitrogens is 2. The van der Waals surface area contributed by atoms with Crippen LogP contribution in [0.5, 0.6) is 0 Å². The van der Waals surface area contributed by atoms with Crippen LogP contribution in [0.4, 0.5) is 18.9 Å². The van der Waals surface area contributed by atoms with Crippen LogP contribution in [0, 0.1) is 6.92 Å². The van der Waals surface area contributed by atoms with Gasteiger partial charge in [0.2, 0.25) is 0 Å². The summed E-state index contributed by atoms with van der Waals surface area (Å²) in [5.41, 5.74) is 5.50.